The van der Waals surface area contributed by atoms with Crippen molar-refractivity contribution in [1.29, 1.82) is 0 Å². The lowest BCUT2D eigenvalue weighted by molar-refractivity contribution is 0.104. The molecule has 2 aromatic heterocycles. The van der Waals surface area contributed by atoms with Gasteiger partial charge in [-0.25, -0.2) is 0 Å². The van der Waals surface area contributed by atoms with Crippen molar-refractivity contribution in [2.24, 2.45) is 0 Å². The molecule has 0 spiro atoms. The van der Waals surface area contributed by atoms with E-state index >= 15 is 0 Å². The number of hydrogen-bond acceptors (Lipinski definition) is 3. The Labute approximate surface area is 120 Å². The number of thiophene rings is 2. The molecule has 0 N–H and O–H groups in total. The number of rotatable bonds is 3. The molecule has 1 aliphatic rings. The van der Waals surface area contributed by atoms with Crippen LogP contribution in [0.5, 0.6) is 0 Å². The van der Waals surface area contributed by atoms with E-state index in [1.165, 1.54) is 27.4 Å². The number of carbonyl (C=O) groups is 1. The Morgan fingerprint density at radius 1 is 1.11 bits per heavy atom. The van der Waals surface area contributed by atoms with Crippen molar-refractivity contribution in [1.82, 2.24) is 0 Å². The third kappa shape index (κ3) is 2.13. The van der Waals surface area contributed by atoms with Crippen LogP contribution >= 0.6 is 22.7 Å². The summed E-state index contributed by atoms with van der Waals surface area (Å²) in [6.07, 6.45) is 0.902. The van der Waals surface area contributed by atoms with Gasteiger partial charge in [-0.05, 0) is 54.3 Å². The maximum Gasteiger partial charge on any atom is 0.203 e. The van der Waals surface area contributed by atoms with Crippen LogP contribution in [-0.4, -0.2) is 5.78 Å². The first-order chi connectivity index (χ1) is 9.18. The Kier molecular flexibility index (Phi) is 3.25. The minimum absolute atomic E-state index is 0.177. The minimum Gasteiger partial charge on any atom is -0.288 e. The average molecular weight is 286 g/mol. The Bertz CT molecular complexity index is 670. The number of Topliss-reactive ketones (excluding diaryl/α,β-unsaturated/α-hetero) is 1. The minimum atomic E-state index is 0.177. The summed E-state index contributed by atoms with van der Waals surface area (Å²) in [5.41, 5.74) is 4.58. The third-order valence-electron chi connectivity index (χ3n) is 3.49. The van der Waals surface area contributed by atoms with Crippen LogP contribution in [0, 0.1) is 0 Å². The highest BCUT2D eigenvalue weighted by Gasteiger charge is 2.26. The molecule has 0 aliphatic heterocycles. The molecule has 0 fully saturated rings. The van der Waals surface area contributed by atoms with E-state index in [9.17, 15) is 4.79 Å². The predicted octanol–water partition coefficient (Wildman–Crippen LogP) is 5.19. The van der Waals surface area contributed by atoms with Gasteiger partial charge in [0.25, 0.3) is 0 Å². The Morgan fingerprint density at radius 2 is 1.84 bits per heavy atom. The second-order valence-electron chi connectivity index (χ2n) is 4.72. The topological polar surface area (TPSA) is 17.1 Å². The van der Waals surface area contributed by atoms with E-state index in [4.69, 9.17) is 0 Å². The largest absolute Gasteiger partial charge is 0.288 e. The molecule has 0 saturated heterocycles. The fourth-order valence-electron chi connectivity index (χ4n) is 2.57. The number of carbonyl (C=O) groups excluding carboxylic acids is 1. The maximum atomic E-state index is 12.6. The molecule has 0 radical (unpaired) electrons. The van der Waals surface area contributed by atoms with Crippen molar-refractivity contribution in [3.63, 3.8) is 0 Å². The normalized spacial score (nSPS) is 15.5. The van der Waals surface area contributed by atoms with Crippen LogP contribution in [0.15, 0.2) is 51.7 Å². The molecule has 3 heteroatoms. The zero-order chi connectivity index (χ0) is 13.4. The van der Waals surface area contributed by atoms with Gasteiger partial charge in [-0.1, -0.05) is 17.7 Å². The van der Waals surface area contributed by atoms with Gasteiger partial charge in [0, 0.05) is 10.5 Å². The molecule has 96 valence electrons. The zero-order valence-corrected chi connectivity index (χ0v) is 12.5. The fraction of sp³-hybridized carbons (Fsp3) is 0.188. The molecular weight excluding hydrogens is 272 g/mol. The van der Waals surface area contributed by atoms with Crippen LogP contribution < -0.4 is 0 Å². The van der Waals surface area contributed by atoms with Gasteiger partial charge in [-0.15, -0.1) is 22.7 Å². The number of hydrogen-bond donors (Lipinski definition) is 0. The van der Waals surface area contributed by atoms with Gasteiger partial charge in [0.15, 0.2) is 0 Å². The average Bonchev–Trinajstić information content (AvgIpc) is 3.09. The highest BCUT2D eigenvalue weighted by molar-refractivity contribution is 7.12. The van der Waals surface area contributed by atoms with Crippen LogP contribution in [0.2, 0.25) is 0 Å². The fourth-order valence-corrected chi connectivity index (χ4v) is 4.07. The van der Waals surface area contributed by atoms with Crippen molar-refractivity contribution in [2.75, 3.05) is 0 Å². The summed E-state index contributed by atoms with van der Waals surface area (Å²) in [5.74, 6) is 0.177. The van der Waals surface area contributed by atoms with Gasteiger partial charge in [-0.2, -0.15) is 0 Å². The summed E-state index contributed by atoms with van der Waals surface area (Å²) in [5, 5.41) is 4.04. The first-order valence-corrected chi connectivity index (χ1v) is 7.96. The van der Waals surface area contributed by atoms with Gasteiger partial charge in [0.2, 0.25) is 5.78 Å². The summed E-state index contributed by atoms with van der Waals surface area (Å²) >= 11 is 3.26. The van der Waals surface area contributed by atoms with E-state index in [-0.39, 0.29) is 5.78 Å². The summed E-state index contributed by atoms with van der Waals surface area (Å²) < 4.78 is 0. The van der Waals surface area contributed by atoms with Gasteiger partial charge >= 0.3 is 0 Å². The molecule has 0 aromatic carbocycles. The second kappa shape index (κ2) is 4.91. The summed E-state index contributed by atoms with van der Waals surface area (Å²) in [6, 6.07) is 8.04. The van der Waals surface area contributed by atoms with Crippen molar-refractivity contribution >= 4 is 34.0 Å². The van der Waals surface area contributed by atoms with E-state index in [2.05, 4.69) is 31.4 Å². The lowest BCUT2D eigenvalue weighted by Crippen LogP contribution is -2.02. The summed E-state index contributed by atoms with van der Waals surface area (Å²) in [4.78, 5) is 14.7. The van der Waals surface area contributed by atoms with Gasteiger partial charge in [0.05, 0.1) is 4.88 Å². The second-order valence-corrected chi connectivity index (χ2v) is 6.61. The lowest BCUT2D eigenvalue weighted by Gasteiger charge is -2.04. The van der Waals surface area contributed by atoms with Crippen molar-refractivity contribution in [2.45, 2.75) is 20.3 Å². The van der Waals surface area contributed by atoms with E-state index in [1.807, 2.05) is 17.5 Å². The van der Waals surface area contributed by atoms with Crippen LogP contribution in [0.4, 0.5) is 0 Å². The SMILES string of the molecule is CC1=C(C(=O)c2cccs2)C(C)=C(c2cccs2)C1. The lowest BCUT2D eigenvalue weighted by atomic mass is 10.0. The number of ketones is 1. The van der Waals surface area contributed by atoms with E-state index in [1.54, 1.807) is 11.3 Å². The quantitative estimate of drug-likeness (QED) is 0.710. The van der Waals surface area contributed by atoms with Crippen molar-refractivity contribution in [3.8, 4) is 0 Å². The highest BCUT2D eigenvalue weighted by atomic mass is 32.1. The molecule has 2 aromatic rings. The van der Waals surface area contributed by atoms with Gasteiger partial charge in [0.1, 0.15) is 0 Å². The summed E-state index contributed by atoms with van der Waals surface area (Å²) in [6.45, 7) is 4.15. The number of allylic oxidation sites excluding steroid dienone is 4. The first-order valence-electron chi connectivity index (χ1n) is 6.20. The van der Waals surface area contributed by atoms with Crippen molar-refractivity contribution < 1.29 is 4.79 Å². The van der Waals surface area contributed by atoms with Crippen molar-refractivity contribution in [3.05, 3.63) is 61.5 Å². The maximum absolute atomic E-state index is 12.6. The molecular formula is C16H14OS2. The Balaban J connectivity index is 2.02. The summed E-state index contributed by atoms with van der Waals surface area (Å²) in [7, 11) is 0. The molecule has 0 atom stereocenters. The van der Waals surface area contributed by atoms with E-state index in [0.29, 0.717) is 0 Å². The van der Waals surface area contributed by atoms with Crippen LogP contribution in [-0.2, 0) is 0 Å². The third-order valence-corrected chi connectivity index (χ3v) is 5.29. The molecule has 0 amide bonds. The Morgan fingerprint density at radius 3 is 2.47 bits per heavy atom. The van der Waals surface area contributed by atoms with Crippen LogP contribution in [0.3, 0.4) is 0 Å². The van der Waals surface area contributed by atoms with Crippen LogP contribution in [0.25, 0.3) is 5.57 Å². The standard InChI is InChI=1S/C16H14OS2/c1-10-9-12(13-5-3-7-18-13)11(2)15(10)16(17)14-6-4-8-19-14/h3-8H,9H2,1-2H3. The van der Waals surface area contributed by atoms with Gasteiger partial charge < -0.3 is 0 Å². The molecule has 0 saturated carbocycles. The Hall–Kier alpha value is -1.45. The molecule has 19 heavy (non-hydrogen) atoms. The first kappa shape index (κ1) is 12.6. The molecule has 1 nitrogen and oxygen atoms in total. The molecule has 0 bridgehead atoms. The molecule has 3 rings (SSSR count). The monoisotopic (exact) mass is 286 g/mol. The molecule has 1 aliphatic carbocycles. The van der Waals surface area contributed by atoms with E-state index < -0.39 is 0 Å². The molecule has 2 heterocycles. The highest BCUT2D eigenvalue weighted by Crippen LogP contribution is 2.41. The van der Waals surface area contributed by atoms with Gasteiger partial charge in [-0.3, -0.25) is 4.79 Å². The predicted molar refractivity (Wildman–Crippen MR) is 82.9 cm³/mol. The van der Waals surface area contributed by atoms with E-state index in [0.717, 1.165) is 22.4 Å². The molecule has 0 unspecified atom stereocenters. The smallest absolute Gasteiger partial charge is 0.203 e. The van der Waals surface area contributed by atoms with Crippen LogP contribution in [0.1, 0.15) is 34.8 Å². The zero-order valence-electron chi connectivity index (χ0n) is 10.9.